The van der Waals surface area contributed by atoms with E-state index in [0.717, 1.165) is 11.5 Å². The van der Waals surface area contributed by atoms with Gasteiger partial charge in [-0.3, -0.25) is 8.97 Å². The van der Waals surface area contributed by atoms with Gasteiger partial charge in [0, 0.05) is 47.1 Å². The largest absolute Gasteiger partial charge is 0.334 e. The van der Waals surface area contributed by atoms with Gasteiger partial charge in [-0.05, 0) is 24.3 Å². The van der Waals surface area contributed by atoms with Gasteiger partial charge in [-0.25, -0.2) is 0 Å². The summed E-state index contributed by atoms with van der Waals surface area (Å²) in [5.74, 6) is 1.13. The topological polar surface area (TPSA) is 19.2 Å². The first-order chi connectivity index (χ1) is 17.3. The van der Waals surface area contributed by atoms with Crippen molar-refractivity contribution >= 4 is 49.3 Å². The highest BCUT2D eigenvalue weighted by molar-refractivity contribution is 6.11. The molecule has 0 saturated carbocycles. The molecule has 0 aliphatic carbocycles. The fourth-order valence-corrected chi connectivity index (χ4v) is 5.91. The molecule has 0 fully saturated rings. The molecule has 0 N–H and O–H groups in total. The van der Waals surface area contributed by atoms with Crippen LogP contribution in [0.4, 0.5) is 0 Å². The van der Waals surface area contributed by atoms with Gasteiger partial charge in [0.1, 0.15) is 11.5 Å². The van der Waals surface area contributed by atoms with Gasteiger partial charge in [-0.2, -0.15) is 0 Å². The van der Waals surface area contributed by atoms with Crippen LogP contribution in [-0.2, 0) is 7.05 Å². The van der Waals surface area contributed by atoms with Crippen LogP contribution >= 0.6 is 0 Å². The molecule has 4 aromatic heterocycles. The normalized spacial score (nSPS) is 12.1. The Morgan fingerprint density at radius 3 is 1.40 bits per heavy atom. The quantitative estimate of drug-likeness (QED) is 0.260. The molecule has 8 aromatic rings. The molecule has 4 heterocycles. The van der Waals surface area contributed by atoms with Gasteiger partial charge in [0.2, 0.25) is 0 Å². The van der Waals surface area contributed by atoms with E-state index in [1.807, 2.05) is 0 Å². The minimum Gasteiger partial charge on any atom is -0.334 e. The van der Waals surface area contributed by atoms with Gasteiger partial charge >= 0.3 is 0 Å². The molecule has 0 bridgehead atoms. The monoisotopic (exact) mass is 450 g/mol. The fraction of sp³-hybridized carbons (Fsp3) is 0.0323. The second-order valence-corrected chi connectivity index (χ2v) is 9.23. The van der Waals surface area contributed by atoms with Crippen LogP contribution in [0.5, 0.6) is 0 Å². The van der Waals surface area contributed by atoms with Crippen LogP contribution in [-0.4, -0.2) is 18.1 Å². The molecule has 4 aromatic carbocycles. The third-order valence-electron chi connectivity index (χ3n) is 7.37. The van der Waals surface area contributed by atoms with Gasteiger partial charge in [0.05, 0.1) is 27.8 Å². The van der Waals surface area contributed by atoms with E-state index in [1.54, 1.807) is 0 Å². The molecule has 0 atom stereocenters. The smallest absolute Gasteiger partial charge is 0.143 e. The molecule has 0 unspecified atom stereocenters. The summed E-state index contributed by atoms with van der Waals surface area (Å²) in [6, 6.07) is 37.1. The summed E-state index contributed by atoms with van der Waals surface area (Å²) >= 11 is 0. The second kappa shape index (κ2) is 6.67. The number of para-hydroxylation sites is 4. The van der Waals surface area contributed by atoms with Crippen LogP contribution in [0.2, 0.25) is 0 Å². The molecule has 0 radical (unpaired) electrons. The number of hydrogen-bond donors (Lipinski definition) is 0. The van der Waals surface area contributed by atoms with Crippen LogP contribution in [0, 0.1) is 0 Å². The van der Waals surface area contributed by atoms with Gasteiger partial charge in [0.15, 0.2) is 0 Å². The lowest BCUT2D eigenvalue weighted by Gasteiger charge is -2.07. The molecule has 8 rings (SSSR count). The first-order valence-corrected chi connectivity index (χ1v) is 11.9. The average molecular weight is 451 g/mol. The molecule has 4 heteroatoms. The Hall–Kier alpha value is -4.70. The van der Waals surface area contributed by atoms with E-state index in [9.17, 15) is 0 Å². The Balaban J connectivity index is 1.55. The predicted molar refractivity (Wildman–Crippen MR) is 145 cm³/mol. The number of fused-ring (bicyclic) bond motifs is 7. The summed E-state index contributed by atoms with van der Waals surface area (Å²) in [4.78, 5) is 0. The summed E-state index contributed by atoms with van der Waals surface area (Å²) in [5.41, 5.74) is 7.20. The molecule has 166 valence electrons. The van der Waals surface area contributed by atoms with Crippen LogP contribution in [0.25, 0.3) is 60.8 Å². The van der Waals surface area contributed by atoms with Crippen molar-refractivity contribution < 1.29 is 0 Å². The van der Waals surface area contributed by atoms with Crippen molar-refractivity contribution in [3.8, 4) is 11.5 Å². The Bertz CT molecular complexity index is 1970. The van der Waals surface area contributed by atoms with Gasteiger partial charge in [-0.15, -0.1) is 0 Å². The molecule has 35 heavy (non-hydrogen) atoms. The van der Waals surface area contributed by atoms with Gasteiger partial charge in [0.25, 0.3) is 0 Å². The van der Waals surface area contributed by atoms with Crippen molar-refractivity contribution in [1.29, 1.82) is 0 Å². The third kappa shape index (κ3) is 2.35. The van der Waals surface area contributed by atoms with E-state index in [1.165, 1.54) is 49.3 Å². The number of aromatic nitrogens is 4. The summed E-state index contributed by atoms with van der Waals surface area (Å²) in [7, 11) is 2.13. The highest BCUT2D eigenvalue weighted by Gasteiger charge is 2.21. The Morgan fingerprint density at radius 2 is 0.914 bits per heavy atom. The highest BCUT2D eigenvalue weighted by Crippen LogP contribution is 2.37. The van der Waals surface area contributed by atoms with Crippen molar-refractivity contribution in [1.82, 2.24) is 18.1 Å². The third-order valence-corrected chi connectivity index (χ3v) is 7.37. The van der Waals surface area contributed by atoms with E-state index in [4.69, 9.17) is 0 Å². The van der Waals surface area contributed by atoms with Crippen LogP contribution in [0.3, 0.4) is 0 Å². The molecule has 0 saturated heterocycles. The molecular weight excluding hydrogens is 428 g/mol. The van der Waals surface area contributed by atoms with Crippen LogP contribution < -0.4 is 0 Å². The highest BCUT2D eigenvalue weighted by atomic mass is 15.2. The van der Waals surface area contributed by atoms with Crippen molar-refractivity contribution in [3.05, 3.63) is 116 Å². The molecule has 0 spiro atoms. The minimum atomic E-state index is 1.13. The van der Waals surface area contributed by atoms with Crippen molar-refractivity contribution in [2.45, 2.75) is 0 Å². The van der Waals surface area contributed by atoms with Crippen LogP contribution in [0.15, 0.2) is 116 Å². The maximum Gasteiger partial charge on any atom is 0.143 e. The van der Waals surface area contributed by atoms with E-state index in [-0.39, 0.29) is 0 Å². The van der Waals surface area contributed by atoms with Crippen LogP contribution in [0.1, 0.15) is 0 Å². The first-order valence-electron chi connectivity index (χ1n) is 11.9. The number of aryl methyl sites for hydroxylation is 1. The lowest BCUT2D eigenvalue weighted by molar-refractivity contribution is 0.946. The first kappa shape index (κ1) is 18.7. The van der Waals surface area contributed by atoms with E-state index >= 15 is 0 Å². The summed E-state index contributed by atoms with van der Waals surface area (Å²) in [6.07, 6.45) is 4.32. The minimum absolute atomic E-state index is 1.13. The second-order valence-electron chi connectivity index (χ2n) is 9.23. The molecule has 0 aliphatic heterocycles. The van der Waals surface area contributed by atoms with E-state index < -0.39 is 0 Å². The zero-order chi connectivity index (χ0) is 23.1. The SMILES string of the molecule is Cn1ccn2c(-n3c4ccccc4c4ccccc43)cc(-n3c4ccccc4c4ccccc43)c12. The molecule has 0 amide bonds. The summed E-state index contributed by atoms with van der Waals surface area (Å²) in [5, 5.41) is 5.09. The maximum absolute atomic E-state index is 2.41. The number of benzene rings is 4. The Labute approximate surface area is 201 Å². The van der Waals surface area contributed by atoms with Gasteiger partial charge in [-0.1, -0.05) is 72.8 Å². The lowest BCUT2D eigenvalue weighted by Crippen LogP contribution is -1.97. The molecule has 4 nitrogen and oxygen atoms in total. The predicted octanol–water partition coefficient (Wildman–Crippen LogP) is 7.47. The fourth-order valence-electron chi connectivity index (χ4n) is 5.91. The van der Waals surface area contributed by atoms with Crippen molar-refractivity contribution in [2.24, 2.45) is 7.05 Å². The molecular formula is C31H22N4. The zero-order valence-electron chi connectivity index (χ0n) is 19.3. The zero-order valence-corrected chi connectivity index (χ0v) is 19.3. The standard InChI is InChI=1S/C31H22N4/c1-32-18-19-33-30(35-27-16-8-4-12-23(27)24-13-5-9-17-28(24)35)20-29(31(32)33)34-25-14-6-2-10-21(25)22-11-3-7-15-26(22)34/h2-20H,1H3. The average Bonchev–Trinajstić information content (AvgIpc) is 3.64. The Kier molecular flexibility index (Phi) is 3.56. The number of imidazole rings is 1. The van der Waals surface area contributed by atoms with E-state index in [2.05, 4.69) is 141 Å². The summed E-state index contributed by atoms with van der Waals surface area (Å²) in [6.45, 7) is 0. The maximum atomic E-state index is 2.41. The van der Waals surface area contributed by atoms with E-state index in [0.29, 0.717) is 0 Å². The Morgan fingerprint density at radius 1 is 0.486 bits per heavy atom. The number of hydrogen-bond acceptors (Lipinski definition) is 0. The summed E-state index contributed by atoms with van der Waals surface area (Å²) < 4.78 is 9.35. The van der Waals surface area contributed by atoms with Crippen molar-refractivity contribution in [3.63, 3.8) is 0 Å². The van der Waals surface area contributed by atoms with Crippen molar-refractivity contribution in [2.75, 3.05) is 0 Å². The molecule has 0 aliphatic rings. The number of nitrogens with zero attached hydrogens (tertiary/aromatic N) is 4. The van der Waals surface area contributed by atoms with Gasteiger partial charge < -0.3 is 9.13 Å². The number of rotatable bonds is 2. The lowest BCUT2D eigenvalue weighted by atomic mass is 10.2.